The number of benzene rings is 2. The Labute approximate surface area is 221 Å². The Bertz CT molecular complexity index is 1570. The first kappa shape index (κ1) is 26.8. The van der Waals surface area contributed by atoms with Crippen LogP contribution in [0.25, 0.3) is 5.95 Å². The van der Waals surface area contributed by atoms with Crippen molar-refractivity contribution in [3.05, 3.63) is 82.0 Å². The van der Waals surface area contributed by atoms with Crippen LogP contribution in [0.2, 0.25) is 0 Å². The predicted octanol–water partition coefficient (Wildman–Crippen LogP) is 2.31. The highest BCUT2D eigenvalue weighted by molar-refractivity contribution is 5.98. The third-order valence-corrected chi connectivity index (χ3v) is 5.38. The van der Waals surface area contributed by atoms with Gasteiger partial charge in [-0.3, -0.25) is 15.2 Å². The second-order valence-electron chi connectivity index (χ2n) is 8.03. The number of H-pyrrole nitrogens is 1. The average Bonchev–Trinajstić information content (AvgIpc) is 3.29. The van der Waals surface area contributed by atoms with E-state index < -0.39 is 23.5 Å². The van der Waals surface area contributed by atoms with Gasteiger partial charge in [-0.2, -0.15) is 0 Å². The summed E-state index contributed by atoms with van der Waals surface area (Å²) in [5, 5.41) is 15.2. The maximum Gasteiger partial charge on any atom is 0.350 e. The Morgan fingerprint density at radius 1 is 1.21 bits per heavy atom. The van der Waals surface area contributed by atoms with Crippen LogP contribution in [0.15, 0.2) is 53.6 Å². The number of nitrogens with zero attached hydrogens (tertiary/aromatic N) is 4. The van der Waals surface area contributed by atoms with E-state index >= 15 is 4.39 Å². The number of aromatic amines is 1. The summed E-state index contributed by atoms with van der Waals surface area (Å²) >= 11 is 0. The van der Waals surface area contributed by atoms with E-state index in [0.29, 0.717) is 5.69 Å². The molecule has 0 spiro atoms. The summed E-state index contributed by atoms with van der Waals surface area (Å²) in [5.41, 5.74) is 5.53. The predicted molar refractivity (Wildman–Crippen MR) is 138 cm³/mol. The summed E-state index contributed by atoms with van der Waals surface area (Å²) < 4.78 is 32.5. The van der Waals surface area contributed by atoms with Gasteiger partial charge in [0.2, 0.25) is 0 Å². The topological polar surface area (TPSA) is 183 Å². The number of ether oxygens (including phenoxy) is 3. The van der Waals surface area contributed by atoms with Crippen molar-refractivity contribution in [2.24, 2.45) is 5.73 Å². The summed E-state index contributed by atoms with van der Waals surface area (Å²) in [6.07, 6.45) is 2.90. The molecule has 0 fully saturated rings. The molecule has 13 nitrogen and oxygen atoms in total. The van der Waals surface area contributed by atoms with Gasteiger partial charge in [-0.05, 0) is 31.2 Å². The number of rotatable bonds is 10. The van der Waals surface area contributed by atoms with Crippen molar-refractivity contribution in [1.82, 2.24) is 24.7 Å². The molecule has 0 aliphatic rings. The number of nitrogens with one attached hydrogen (secondary N) is 3. The second kappa shape index (κ2) is 11.4. The number of aromatic nitrogens is 5. The maximum atomic E-state index is 15.5. The third-order valence-electron chi connectivity index (χ3n) is 5.38. The van der Waals surface area contributed by atoms with E-state index in [1.807, 2.05) is 0 Å². The van der Waals surface area contributed by atoms with Crippen LogP contribution in [0.5, 0.6) is 17.2 Å². The Morgan fingerprint density at radius 2 is 1.95 bits per heavy atom. The van der Waals surface area contributed by atoms with Crippen molar-refractivity contribution in [3.63, 3.8) is 0 Å². The number of halogens is 1. The number of carbonyl (C=O) groups excluding carboxylic acids is 1. The van der Waals surface area contributed by atoms with E-state index in [9.17, 15) is 9.59 Å². The molecule has 14 heteroatoms. The molecule has 0 unspecified atom stereocenters. The van der Waals surface area contributed by atoms with Crippen LogP contribution < -0.4 is 31.0 Å². The smallest absolute Gasteiger partial charge is 0.350 e. The summed E-state index contributed by atoms with van der Waals surface area (Å²) in [4.78, 5) is 35.1. The van der Waals surface area contributed by atoms with E-state index in [2.05, 4.69) is 25.4 Å². The molecular weight excluding hydrogens is 511 g/mol. The zero-order valence-electron chi connectivity index (χ0n) is 21.2. The Morgan fingerprint density at radius 3 is 2.59 bits per heavy atom. The number of esters is 1. The highest BCUT2D eigenvalue weighted by Crippen LogP contribution is 2.36. The number of carbonyl (C=O) groups is 1. The summed E-state index contributed by atoms with van der Waals surface area (Å²) in [5.74, 6) is -1.14. The molecule has 5 N–H and O–H groups in total. The minimum Gasteiger partial charge on any atom is -0.493 e. The fraction of sp³-hybridized carbons (Fsp3) is 0.200. The van der Waals surface area contributed by atoms with E-state index in [0.717, 1.165) is 10.7 Å². The van der Waals surface area contributed by atoms with Crippen LogP contribution >= 0.6 is 0 Å². The molecule has 0 saturated carbocycles. The molecule has 1 atom stereocenters. The monoisotopic (exact) mass is 536 g/mol. The highest BCUT2D eigenvalue weighted by Gasteiger charge is 2.26. The van der Waals surface area contributed by atoms with E-state index in [4.69, 9.17) is 25.4 Å². The van der Waals surface area contributed by atoms with Crippen LogP contribution in [0.1, 0.15) is 36.8 Å². The fourth-order valence-corrected chi connectivity index (χ4v) is 3.74. The molecule has 0 aliphatic heterocycles. The molecule has 0 bridgehead atoms. The molecule has 2 heterocycles. The van der Waals surface area contributed by atoms with Gasteiger partial charge in [0.15, 0.2) is 17.3 Å². The quantitative estimate of drug-likeness (QED) is 0.102. The first-order chi connectivity index (χ1) is 18.7. The number of nitrogen functional groups attached to an aromatic ring is 1. The minimum atomic E-state index is -1.10. The van der Waals surface area contributed by atoms with E-state index in [-0.39, 0.29) is 52.6 Å². The molecule has 2 aromatic carbocycles. The number of hydrogen-bond acceptors (Lipinski definition) is 10. The maximum absolute atomic E-state index is 15.5. The Balaban J connectivity index is 1.87. The van der Waals surface area contributed by atoms with Gasteiger partial charge in [0.1, 0.15) is 23.4 Å². The fourth-order valence-electron chi connectivity index (χ4n) is 3.74. The van der Waals surface area contributed by atoms with Crippen molar-refractivity contribution in [1.29, 1.82) is 5.41 Å². The number of anilines is 1. The van der Waals surface area contributed by atoms with Crippen LogP contribution in [-0.2, 0) is 4.79 Å². The largest absolute Gasteiger partial charge is 0.493 e. The van der Waals surface area contributed by atoms with Gasteiger partial charge in [-0.1, -0.05) is 0 Å². The zero-order chi connectivity index (χ0) is 28.1. The number of methoxy groups -OCH3 is 1. The van der Waals surface area contributed by atoms with Gasteiger partial charge in [-0.15, -0.1) is 9.78 Å². The number of amidine groups is 1. The molecule has 0 amide bonds. The van der Waals surface area contributed by atoms with Crippen LogP contribution in [-0.4, -0.2) is 50.3 Å². The highest BCUT2D eigenvalue weighted by atomic mass is 19.1. The van der Waals surface area contributed by atoms with Crippen molar-refractivity contribution >= 4 is 17.5 Å². The summed E-state index contributed by atoms with van der Waals surface area (Å²) in [6, 6.07) is 7.52. The molecule has 4 aromatic rings. The van der Waals surface area contributed by atoms with Crippen LogP contribution in [0.4, 0.5) is 10.1 Å². The molecule has 39 heavy (non-hydrogen) atoms. The molecule has 4 rings (SSSR count). The Hall–Kier alpha value is -5.27. The third kappa shape index (κ3) is 5.84. The lowest BCUT2D eigenvalue weighted by Crippen LogP contribution is -2.18. The molecule has 0 saturated heterocycles. The van der Waals surface area contributed by atoms with Crippen molar-refractivity contribution in [2.75, 3.05) is 19.0 Å². The van der Waals surface area contributed by atoms with Gasteiger partial charge in [0.05, 0.1) is 19.3 Å². The van der Waals surface area contributed by atoms with Crippen molar-refractivity contribution in [2.45, 2.75) is 19.9 Å². The van der Waals surface area contributed by atoms with Crippen molar-refractivity contribution < 1.29 is 23.4 Å². The molecule has 0 aliphatic carbocycles. The number of nitrogens with two attached hydrogens (primary N) is 1. The Kier molecular flexibility index (Phi) is 7.84. The van der Waals surface area contributed by atoms with Gasteiger partial charge < -0.3 is 25.3 Å². The van der Waals surface area contributed by atoms with Gasteiger partial charge in [0.25, 0.3) is 5.95 Å². The molecule has 2 aromatic heterocycles. The zero-order valence-corrected chi connectivity index (χ0v) is 21.2. The lowest BCUT2D eigenvalue weighted by molar-refractivity contribution is -0.131. The van der Waals surface area contributed by atoms with Gasteiger partial charge in [0, 0.05) is 42.7 Å². The van der Waals surface area contributed by atoms with E-state index in [1.165, 1.54) is 44.6 Å². The van der Waals surface area contributed by atoms with Crippen LogP contribution in [0.3, 0.4) is 0 Å². The van der Waals surface area contributed by atoms with Crippen LogP contribution in [0, 0.1) is 11.2 Å². The normalized spacial score (nSPS) is 11.5. The summed E-state index contributed by atoms with van der Waals surface area (Å²) in [6.45, 7) is 3.26. The molecule has 0 radical (unpaired) electrons. The minimum absolute atomic E-state index is 0.0110. The SMILES string of the molecule is CCOc1cc([C@H](Nc2ccc(C(=N)N)c(OC(C)=O)c2)c2nn(-c3ncccn3)c(=O)[nH]2)c(F)cc1OC. The molecule has 202 valence electrons. The number of hydrogen-bond donors (Lipinski definition) is 4. The summed E-state index contributed by atoms with van der Waals surface area (Å²) in [7, 11) is 1.39. The first-order valence-corrected chi connectivity index (χ1v) is 11.6. The van der Waals surface area contributed by atoms with Crippen molar-refractivity contribution in [3.8, 4) is 23.2 Å². The lowest BCUT2D eigenvalue weighted by atomic mass is 10.0. The average molecular weight is 537 g/mol. The molecular formula is C25H25FN8O5. The first-order valence-electron chi connectivity index (χ1n) is 11.6. The standard InChI is InChI=1S/C25H25FN8O5/c1-4-38-20-11-16(17(26)12-19(20)37-3)21(23-32-25(36)34(33-23)24-29-8-5-9-30-24)31-14-6-7-15(22(27)28)18(10-14)39-13(2)35/h5-12,21,31H,4H2,1-3H3,(H3,27,28)(H,32,33,36)/t21-/m0/s1. The van der Waals surface area contributed by atoms with E-state index in [1.54, 1.807) is 19.1 Å². The van der Waals surface area contributed by atoms with Gasteiger partial charge in [-0.25, -0.2) is 19.2 Å². The second-order valence-corrected chi connectivity index (χ2v) is 8.03. The lowest BCUT2D eigenvalue weighted by Gasteiger charge is -2.21. The van der Waals surface area contributed by atoms with Gasteiger partial charge >= 0.3 is 11.7 Å².